The predicted octanol–water partition coefficient (Wildman–Crippen LogP) is 6.53. The molecule has 1 amide bonds. The molecule has 224 valence electrons. The van der Waals surface area contributed by atoms with Crippen molar-refractivity contribution in [2.24, 2.45) is 0 Å². The van der Waals surface area contributed by atoms with E-state index >= 15 is 0 Å². The van der Waals surface area contributed by atoms with E-state index in [4.69, 9.17) is 4.74 Å². The van der Waals surface area contributed by atoms with Gasteiger partial charge in [-0.15, -0.1) is 0 Å². The highest BCUT2D eigenvalue weighted by molar-refractivity contribution is 5.79. The van der Waals surface area contributed by atoms with Crippen LogP contribution in [0.4, 0.5) is 0 Å². The van der Waals surface area contributed by atoms with Crippen LogP contribution in [-0.2, 0) is 16.6 Å². The zero-order valence-corrected chi connectivity index (χ0v) is 26.2. The summed E-state index contributed by atoms with van der Waals surface area (Å²) in [5.41, 5.74) is 5.19. The first-order valence-electron chi connectivity index (χ1n) is 16.4. The van der Waals surface area contributed by atoms with Crippen LogP contribution in [-0.4, -0.2) is 78.6 Å². The number of nitrogens with zero attached hydrogens (tertiary/aromatic N) is 3. The maximum absolute atomic E-state index is 13.7. The van der Waals surface area contributed by atoms with E-state index in [0.717, 1.165) is 56.3 Å². The minimum absolute atomic E-state index is 0.0103. The first-order valence-corrected chi connectivity index (χ1v) is 16.4. The number of hydrogen-bond donors (Lipinski definition) is 0. The molecule has 3 fully saturated rings. The van der Waals surface area contributed by atoms with Gasteiger partial charge in [0.25, 0.3) is 0 Å². The molecule has 0 aliphatic carbocycles. The SMILES string of the molecule is Cc1ccc(C)c(C2(CCN3CCC(N4CCCCC4)CC3)CCCN(C(=O)Cc3cccc(OC(C)C)c3)C2)c1. The second kappa shape index (κ2) is 13.7. The molecule has 2 aromatic rings. The average molecular weight is 560 g/mol. The van der Waals surface area contributed by atoms with Crippen molar-refractivity contribution in [3.05, 3.63) is 64.7 Å². The van der Waals surface area contributed by atoms with E-state index in [1.807, 2.05) is 32.0 Å². The van der Waals surface area contributed by atoms with E-state index in [-0.39, 0.29) is 17.4 Å². The Morgan fingerprint density at radius 3 is 2.49 bits per heavy atom. The Labute approximate surface area is 249 Å². The fraction of sp³-hybridized carbons (Fsp3) is 0.639. The van der Waals surface area contributed by atoms with Gasteiger partial charge in [-0.2, -0.15) is 0 Å². The molecule has 5 heteroatoms. The van der Waals surface area contributed by atoms with E-state index in [1.165, 1.54) is 75.0 Å². The van der Waals surface area contributed by atoms with Gasteiger partial charge in [-0.05, 0) is 134 Å². The van der Waals surface area contributed by atoms with Crippen LogP contribution in [0.1, 0.15) is 87.5 Å². The van der Waals surface area contributed by atoms with E-state index in [1.54, 1.807) is 0 Å². The van der Waals surface area contributed by atoms with Crippen molar-refractivity contribution in [2.75, 3.05) is 45.8 Å². The van der Waals surface area contributed by atoms with Crippen molar-refractivity contribution in [3.63, 3.8) is 0 Å². The predicted molar refractivity (Wildman–Crippen MR) is 169 cm³/mol. The van der Waals surface area contributed by atoms with Crippen LogP contribution in [0.3, 0.4) is 0 Å². The lowest BCUT2D eigenvalue weighted by molar-refractivity contribution is -0.132. The minimum atomic E-state index is 0.0103. The molecular weight excluding hydrogens is 506 g/mol. The number of amides is 1. The molecule has 0 saturated carbocycles. The molecule has 41 heavy (non-hydrogen) atoms. The maximum atomic E-state index is 13.7. The molecule has 3 aliphatic heterocycles. The molecule has 3 saturated heterocycles. The number of aryl methyl sites for hydroxylation is 2. The van der Waals surface area contributed by atoms with Gasteiger partial charge in [-0.1, -0.05) is 42.3 Å². The van der Waals surface area contributed by atoms with Gasteiger partial charge in [0.15, 0.2) is 0 Å². The molecule has 2 aromatic carbocycles. The Kier molecular flexibility index (Phi) is 10.1. The molecule has 3 aliphatic rings. The molecule has 5 nitrogen and oxygen atoms in total. The van der Waals surface area contributed by atoms with Crippen LogP contribution < -0.4 is 4.74 Å². The van der Waals surface area contributed by atoms with Gasteiger partial charge in [0.2, 0.25) is 5.91 Å². The molecule has 3 heterocycles. The van der Waals surface area contributed by atoms with Crippen molar-refractivity contribution in [3.8, 4) is 5.75 Å². The van der Waals surface area contributed by atoms with Gasteiger partial charge in [-0.25, -0.2) is 0 Å². The third kappa shape index (κ3) is 7.73. The van der Waals surface area contributed by atoms with E-state index in [2.05, 4.69) is 52.8 Å². The molecule has 0 N–H and O–H groups in total. The van der Waals surface area contributed by atoms with Crippen molar-refractivity contribution in [1.29, 1.82) is 0 Å². The zero-order chi connectivity index (χ0) is 28.8. The molecular formula is C36H53N3O2. The number of rotatable bonds is 9. The lowest BCUT2D eigenvalue weighted by Crippen LogP contribution is -2.51. The van der Waals surface area contributed by atoms with Crippen molar-refractivity contribution < 1.29 is 9.53 Å². The van der Waals surface area contributed by atoms with Crippen LogP contribution in [0.25, 0.3) is 0 Å². The molecule has 0 aromatic heterocycles. The summed E-state index contributed by atoms with van der Waals surface area (Å²) in [6.07, 6.45) is 10.7. The van der Waals surface area contributed by atoms with Crippen LogP contribution in [0, 0.1) is 13.8 Å². The number of likely N-dealkylation sites (tertiary alicyclic amines) is 3. The number of ether oxygens (including phenoxy) is 1. The largest absolute Gasteiger partial charge is 0.491 e. The van der Waals surface area contributed by atoms with Gasteiger partial charge >= 0.3 is 0 Å². The summed E-state index contributed by atoms with van der Waals surface area (Å²) in [7, 11) is 0. The summed E-state index contributed by atoms with van der Waals surface area (Å²) in [5, 5.41) is 0. The van der Waals surface area contributed by atoms with Crippen LogP contribution in [0.2, 0.25) is 0 Å². The van der Waals surface area contributed by atoms with Crippen molar-refractivity contribution in [2.45, 2.75) is 103 Å². The van der Waals surface area contributed by atoms with Gasteiger partial charge in [0, 0.05) is 24.5 Å². The first kappa shape index (κ1) is 30.1. The Hall–Kier alpha value is -2.37. The standard InChI is InChI=1S/C36H53N3O2/c1-28(2)41-33-11-8-10-31(25-33)26-35(40)39-20-9-16-36(27-39,34-24-29(3)12-13-30(34)4)17-23-37-21-14-32(15-22-37)38-18-6-5-7-19-38/h8,10-13,24-25,28,32H,5-7,9,14-23,26-27H2,1-4H3. The molecule has 0 radical (unpaired) electrons. The molecule has 5 rings (SSSR count). The summed E-state index contributed by atoms with van der Waals surface area (Å²) < 4.78 is 5.90. The number of carbonyl (C=O) groups excluding carboxylic acids is 1. The van der Waals surface area contributed by atoms with Gasteiger partial charge in [0.1, 0.15) is 5.75 Å². The smallest absolute Gasteiger partial charge is 0.227 e. The third-order valence-corrected chi connectivity index (χ3v) is 9.89. The highest BCUT2D eigenvalue weighted by atomic mass is 16.5. The Morgan fingerprint density at radius 1 is 0.951 bits per heavy atom. The Morgan fingerprint density at radius 2 is 1.73 bits per heavy atom. The van der Waals surface area contributed by atoms with Crippen LogP contribution in [0.15, 0.2) is 42.5 Å². The number of hydrogen-bond acceptors (Lipinski definition) is 4. The summed E-state index contributed by atoms with van der Waals surface area (Å²) in [6, 6.07) is 15.8. The maximum Gasteiger partial charge on any atom is 0.227 e. The minimum Gasteiger partial charge on any atom is -0.491 e. The van der Waals surface area contributed by atoms with Crippen LogP contribution in [0.5, 0.6) is 5.75 Å². The quantitative estimate of drug-likeness (QED) is 0.350. The van der Waals surface area contributed by atoms with E-state index < -0.39 is 0 Å². The van der Waals surface area contributed by atoms with Crippen molar-refractivity contribution in [1.82, 2.24) is 14.7 Å². The molecule has 1 atom stereocenters. The van der Waals surface area contributed by atoms with Gasteiger partial charge < -0.3 is 19.4 Å². The van der Waals surface area contributed by atoms with E-state index in [9.17, 15) is 4.79 Å². The second-order valence-electron chi connectivity index (χ2n) is 13.4. The highest BCUT2D eigenvalue weighted by Crippen LogP contribution is 2.40. The average Bonchev–Trinajstić information content (AvgIpc) is 2.98. The second-order valence-corrected chi connectivity index (χ2v) is 13.4. The molecule has 0 spiro atoms. The summed E-state index contributed by atoms with van der Waals surface area (Å²) in [5.74, 6) is 1.08. The number of piperidine rings is 3. The van der Waals surface area contributed by atoms with Crippen LogP contribution >= 0.6 is 0 Å². The normalized spacial score (nSPS) is 23.2. The summed E-state index contributed by atoms with van der Waals surface area (Å²) >= 11 is 0. The summed E-state index contributed by atoms with van der Waals surface area (Å²) in [6.45, 7) is 16.4. The monoisotopic (exact) mass is 559 g/mol. The van der Waals surface area contributed by atoms with E-state index in [0.29, 0.717) is 6.42 Å². The fourth-order valence-electron chi connectivity index (χ4n) is 7.66. The third-order valence-electron chi connectivity index (χ3n) is 9.89. The summed E-state index contributed by atoms with van der Waals surface area (Å²) in [4.78, 5) is 21.4. The lowest BCUT2D eigenvalue weighted by Gasteiger charge is -2.46. The molecule has 1 unspecified atom stereocenters. The number of benzene rings is 2. The fourth-order valence-corrected chi connectivity index (χ4v) is 7.66. The molecule has 0 bridgehead atoms. The topological polar surface area (TPSA) is 36.0 Å². The first-order chi connectivity index (χ1) is 19.8. The lowest BCUT2D eigenvalue weighted by atomic mass is 9.69. The van der Waals surface area contributed by atoms with Gasteiger partial charge in [0.05, 0.1) is 12.5 Å². The van der Waals surface area contributed by atoms with Gasteiger partial charge in [-0.3, -0.25) is 4.79 Å². The number of carbonyl (C=O) groups is 1. The Bertz CT molecular complexity index is 1150. The van der Waals surface area contributed by atoms with Crippen molar-refractivity contribution >= 4 is 5.91 Å². The zero-order valence-electron chi connectivity index (χ0n) is 26.2. The highest BCUT2D eigenvalue weighted by Gasteiger charge is 2.40. The Balaban J connectivity index is 1.27.